The van der Waals surface area contributed by atoms with Crippen molar-refractivity contribution in [1.82, 2.24) is 24.0 Å². The topological polar surface area (TPSA) is 85.2 Å². The molecule has 0 spiro atoms. The predicted octanol–water partition coefficient (Wildman–Crippen LogP) is 1.73. The van der Waals surface area contributed by atoms with Gasteiger partial charge in [0.05, 0.1) is 18.8 Å². The number of rotatable bonds is 4. The van der Waals surface area contributed by atoms with Crippen LogP contribution in [0.4, 0.5) is 0 Å². The van der Waals surface area contributed by atoms with Gasteiger partial charge in [0.1, 0.15) is 5.82 Å². The van der Waals surface area contributed by atoms with Gasteiger partial charge in [0.15, 0.2) is 11.2 Å². The van der Waals surface area contributed by atoms with Crippen molar-refractivity contribution in [2.75, 3.05) is 13.1 Å². The molecule has 1 aliphatic rings. The maximum absolute atomic E-state index is 12.6. The molecule has 29 heavy (non-hydrogen) atoms. The van der Waals surface area contributed by atoms with Crippen LogP contribution in [0.5, 0.6) is 0 Å². The fourth-order valence-corrected chi connectivity index (χ4v) is 4.08. The molecule has 3 heterocycles. The Bertz CT molecular complexity index is 1140. The normalized spacial score (nSPS) is 20.4. The van der Waals surface area contributed by atoms with Crippen LogP contribution in [0.25, 0.3) is 11.2 Å². The molecule has 8 nitrogen and oxygen atoms in total. The van der Waals surface area contributed by atoms with Crippen molar-refractivity contribution in [3.63, 3.8) is 0 Å². The second-order valence-electron chi connectivity index (χ2n) is 7.68. The Morgan fingerprint density at radius 3 is 2.45 bits per heavy atom. The molecule has 4 rings (SSSR count). The lowest BCUT2D eigenvalue weighted by molar-refractivity contribution is -0.0712. The second-order valence-corrected chi connectivity index (χ2v) is 8.12. The zero-order valence-electron chi connectivity index (χ0n) is 16.7. The highest BCUT2D eigenvalue weighted by molar-refractivity contribution is 6.30. The number of nitrogens with one attached hydrogen (secondary N) is 1. The van der Waals surface area contributed by atoms with Crippen molar-refractivity contribution < 1.29 is 4.74 Å². The van der Waals surface area contributed by atoms with Crippen LogP contribution in [-0.4, -0.2) is 49.3 Å². The van der Waals surface area contributed by atoms with Crippen LogP contribution in [0.3, 0.4) is 0 Å². The number of morpholine rings is 1. The fraction of sp³-hybridized carbons (Fsp3) is 0.450. The number of aromatic nitrogens is 4. The molecule has 1 aliphatic heterocycles. The summed E-state index contributed by atoms with van der Waals surface area (Å²) in [6, 6.07) is 7.49. The van der Waals surface area contributed by atoms with E-state index in [0.717, 1.165) is 24.5 Å². The van der Waals surface area contributed by atoms with Crippen LogP contribution in [0.1, 0.15) is 25.2 Å². The molecule has 3 aromatic rings. The first kappa shape index (κ1) is 19.9. The van der Waals surface area contributed by atoms with Crippen LogP contribution >= 0.6 is 11.6 Å². The quantitative estimate of drug-likeness (QED) is 0.698. The predicted molar refractivity (Wildman–Crippen MR) is 111 cm³/mol. The Morgan fingerprint density at radius 2 is 1.79 bits per heavy atom. The van der Waals surface area contributed by atoms with Gasteiger partial charge < -0.3 is 9.30 Å². The molecule has 0 bridgehead atoms. The third kappa shape index (κ3) is 4.01. The van der Waals surface area contributed by atoms with Crippen molar-refractivity contribution >= 4 is 22.8 Å². The number of hydrogen-bond donors (Lipinski definition) is 1. The Labute approximate surface area is 172 Å². The largest absolute Gasteiger partial charge is 0.373 e. The first-order valence-electron chi connectivity index (χ1n) is 9.62. The van der Waals surface area contributed by atoms with Gasteiger partial charge in [0.2, 0.25) is 0 Å². The summed E-state index contributed by atoms with van der Waals surface area (Å²) >= 11 is 6.01. The summed E-state index contributed by atoms with van der Waals surface area (Å²) in [6.45, 7) is 6.68. The second kappa shape index (κ2) is 7.78. The molecule has 9 heteroatoms. The van der Waals surface area contributed by atoms with Crippen LogP contribution in [0.2, 0.25) is 5.02 Å². The monoisotopic (exact) mass is 417 g/mol. The Kier molecular flexibility index (Phi) is 5.33. The lowest BCUT2D eigenvalue weighted by Gasteiger charge is -2.35. The van der Waals surface area contributed by atoms with Gasteiger partial charge in [-0.1, -0.05) is 23.7 Å². The number of fused-ring (bicyclic) bond motifs is 1. The van der Waals surface area contributed by atoms with Gasteiger partial charge in [-0.3, -0.25) is 19.2 Å². The average molecular weight is 418 g/mol. The standard InChI is InChI=1S/C20H24ClN5O3/c1-12-8-25(9-13(2)29-12)11-16-22-18-17(19(27)23-20(28)24(18)3)26(16)10-14-4-6-15(21)7-5-14/h4-7,12-13H,8-11H2,1-3H3,(H,23,27,28)/t12-,13+. The van der Waals surface area contributed by atoms with Crippen molar-refractivity contribution in [2.24, 2.45) is 7.05 Å². The van der Waals surface area contributed by atoms with E-state index in [9.17, 15) is 9.59 Å². The van der Waals surface area contributed by atoms with Crippen molar-refractivity contribution in [2.45, 2.75) is 39.1 Å². The summed E-state index contributed by atoms with van der Waals surface area (Å²) in [5.41, 5.74) is 0.869. The summed E-state index contributed by atoms with van der Waals surface area (Å²) in [5, 5.41) is 0.654. The lowest BCUT2D eigenvalue weighted by atomic mass is 10.2. The maximum Gasteiger partial charge on any atom is 0.329 e. The number of aryl methyl sites for hydroxylation is 1. The molecule has 0 unspecified atom stereocenters. The number of H-pyrrole nitrogens is 1. The molecule has 2 atom stereocenters. The lowest BCUT2D eigenvalue weighted by Crippen LogP contribution is -2.45. The van der Waals surface area contributed by atoms with Gasteiger partial charge in [-0.05, 0) is 31.5 Å². The summed E-state index contributed by atoms with van der Waals surface area (Å²) in [4.78, 5) is 34.0. The number of halogens is 1. The maximum atomic E-state index is 12.6. The zero-order chi connectivity index (χ0) is 20.7. The van der Waals surface area contributed by atoms with Crippen molar-refractivity contribution in [3.05, 3.63) is 61.5 Å². The molecular weight excluding hydrogens is 394 g/mol. The molecule has 1 saturated heterocycles. The number of ether oxygens (including phenoxy) is 1. The highest BCUT2D eigenvalue weighted by Crippen LogP contribution is 2.19. The summed E-state index contributed by atoms with van der Waals surface area (Å²) < 4.78 is 9.09. The van der Waals surface area contributed by atoms with Crippen molar-refractivity contribution in [3.8, 4) is 0 Å². The summed E-state index contributed by atoms with van der Waals surface area (Å²) in [5.74, 6) is 0.739. The van der Waals surface area contributed by atoms with Gasteiger partial charge in [0, 0.05) is 31.7 Å². The van der Waals surface area contributed by atoms with E-state index in [1.54, 1.807) is 7.05 Å². The Balaban J connectivity index is 1.80. The molecule has 0 amide bonds. The van der Waals surface area contributed by atoms with E-state index in [4.69, 9.17) is 16.3 Å². The van der Waals surface area contributed by atoms with Crippen LogP contribution in [-0.2, 0) is 24.9 Å². The first-order valence-corrected chi connectivity index (χ1v) is 10.0. The van der Waals surface area contributed by atoms with Gasteiger partial charge >= 0.3 is 5.69 Å². The number of aromatic amines is 1. The molecule has 1 aromatic carbocycles. The summed E-state index contributed by atoms with van der Waals surface area (Å²) in [7, 11) is 1.61. The van der Waals surface area contributed by atoms with Crippen LogP contribution < -0.4 is 11.2 Å². The molecule has 0 radical (unpaired) electrons. The highest BCUT2D eigenvalue weighted by atomic mass is 35.5. The molecule has 1 N–H and O–H groups in total. The van der Waals surface area contributed by atoms with E-state index < -0.39 is 11.2 Å². The smallest absolute Gasteiger partial charge is 0.329 e. The Hall–Kier alpha value is -2.42. The molecule has 2 aromatic heterocycles. The molecule has 0 saturated carbocycles. The highest BCUT2D eigenvalue weighted by Gasteiger charge is 2.25. The van der Waals surface area contributed by atoms with Gasteiger partial charge in [-0.15, -0.1) is 0 Å². The third-order valence-electron chi connectivity index (χ3n) is 5.20. The SMILES string of the molecule is C[C@@H]1CN(Cc2nc3c(c(=O)[nH]c(=O)n3C)n2Cc2ccc(Cl)cc2)C[C@H](C)O1. The van der Waals surface area contributed by atoms with E-state index in [2.05, 4.69) is 14.9 Å². The van der Waals surface area contributed by atoms with Crippen molar-refractivity contribution in [1.29, 1.82) is 0 Å². The third-order valence-corrected chi connectivity index (χ3v) is 5.45. The number of imidazole rings is 1. The van der Waals surface area contributed by atoms with E-state index in [-0.39, 0.29) is 12.2 Å². The Morgan fingerprint density at radius 1 is 1.14 bits per heavy atom. The number of benzene rings is 1. The van der Waals surface area contributed by atoms with Gasteiger partial charge in [0.25, 0.3) is 5.56 Å². The minimum absolute atomic E-state index is 0.126. The molecule has 1 fully saturated rings. The van der Waals surface area contributed by atoms with E-state index >= 15 is 0 Å². The summed E-state index contributed by atoms with van der Waals surface area (Å²) in [6.07, 6.45) is 0.251. The zero-order valence-corrected chi connectivity index (χ0v) is 17.4. The number of hydrogen-bond acceptors (Lipinski definition) is 5. The molecule has 154 valence electrons. The number of nitrogens with zero attached hydrogens (tertiary/aromatic N) is 4. The van der Waals surface area contributed by atoms with Gasteiger partial charge in [-0.2, -0.15) is 0 Å². The molecule has 0 aliphatic carbocycles. The molecular formula is C20H24ClN5O3. The van der Waals surface area contributed by atoms with Gasteiger partial charge in [-0.25, -0.2) is 9.78 Å². The van der Waals surface area contributed by atoms with E-state index in [1.807, 2.05) is 42.7 Å². The van der Waals surface area contributed by atoms with Crippen LogP contribution in [0.15, 0.2) is 33.9 Å². The van der Waals surface area contributed by atoms with Crippen LogP contribution in [0, 0.1) is 0 Å². The van der Waals surface area contributed by atoms with E-state index in [1.165, 1.54) is 4.57 Å². The fourth-order valence-electron chi connectivity index (χ4n) is 3.96. The minimum Gasteiger partial charge on any atom is -0.373 e. The minimum atomic E-state index is -0.473. The van der Waals surface area contributed by atoms with E-state index in [0.29, 0.717) is 29.3 Å². The average Bonchev–Trinajstić information content (AvgIpc) is 2.99. The first-order chi connectivity index (χ1) is 13.8.